The molecule has 76 valence electrons. The van der Waals surface area contributed by atoms with Crippen LogP contribution in [0.1, 0.15) is 6.92 Å². The molecular weight excluding hydrogens is 174 g/mol. The van der Waals surface area contributed by atoms with Gasteiger partial charge in [-0.2, -0.15) is 0 Å². The van der Waals surface area contributed by atoms with E-state index in [1.165, 1.54) is 18.3 Å². The number of quaternary nitrogens is 1. The van der Waals surface area contributed by atoms with Gasteiger partial charge in [-0.1, -0.05) is 0 Å². The molecule has 4 atom stereocenters. The largest absolute Gasteiger partial charge is 0.447 e. The summed E-state index contributed by atoms with van der Waals surface area (Å²) in [5, 5.41) is 39.1. The van der Waals surface area contributed by atoms with Gasteiger partial charge in [0, 0.05) is 6.08 Å². The average molecular weight is 189 g/mol. The van der Waals surface area contributed by atoms with E-state index in [9.17, 15) is 20.4 Å². The predicted octanol–water partition coefficient (Wildman–Crippen LogP) is -2.93. The monoisotopic (exact) mass is 189 g/mol. The molecule has 0 saturated heterocycles. The molecule has 0 fully saturated rings. The van der Waals surface area contributed by atoms with Crippen molar-refractivity contribution in [3.05, 3.63) is 18.8 Å². The van der Waals surface area contributed by atoms with Crippen molar-refractivity contribution in [1.82, 2.24) is 0 Å². The van der Waals surface area contributed by atoms with E-state index in [0.29, 0.717) is 5.70 Å². The molecular formula is C8H15NO4. The lowest BCUT2D eigenvalue weighted by Gasteiger charge is -2.28. The van der Waals surface area contributed by atoms with E-state index in [-0.39, 0.29) is 0 Å². The van der Waals surface area contributed by atoms with Gasteiger partial charge in [0.25, 0.3) is 0 Å². The van der Waals surface area contributed by atoms with Gasteiger partial charge >= 0.3 is 0 Å². The molecule has 0 radical (unpaired) electrons. The fourth-order valence-electron chi connectivity index (χ4n) is 1.42. The Kier molecular flexibility index (Phi) is 2.74. The first kappa shape index (κ1) is 10.6. The van der Waals surface area contributed by atoms with E-state index in [1.807, 2.05) is 0 Å². The molecule has 0 aromatic carbocycles. The van der Waals surface area contributed by atoms with Crippen molar-refractivity contribution in [2.75, 3.05) is 0 Å². The third-order valence-corrected chi connectivity index (χ3v) is 2.42. The van der Waals surface area contributed by atoms with Crippen LogP contribution in [-0.4, -0.2) is 44.3 Å². The predicted molar refractivity (Wildman–Crippen MR) is 44.0 cm³/mol. The minimum atomic E-state index is -1.77. The van der Waals surface area contributed by atoms with Crippen LogP contribution >= 0.6 is 0 Å². The summed E-state index contributed by atoms with van der Waals surface area (Å²) in [6.45, 7) is 1.35. The number of aliphatic hydroxyl groups is 4. The summed E-state index contributed by atoms with van der Waals surface area (Å²) in [6.07, 6.45) is -2.49. The zero-order chi connectivity index (χ0) is 10.2. The van der Waals surface area contributed by atoms with E-state index >= 15 is 0 Å². The molecule has 13 heavy (non-hydrogen) atoms. The van der Waals surface area contributed by atoms with Crippen LogP contribution in [0.25, 0.3) is 0 Å². The summed E-state index contributed by atoms with van der Waals surface area (Å²) >= 11 is 0. The van der Waals surface area contributed by atoms with Crippen LogP contribution in [0.3, 0.4) is 0 Å². The van der Waals surface area contributed by atoms with Crippen LogP contribution < -0.4 is 5.32 Å². The Balaban J connectivity index is 2.96. The molecule has 5 nitrogen and oxygen atoms in total. The molecule has 4 unspecified atom stereocenters. The molecule has 5 heteroatoms. The summed E-state index contributed by atoms with van der Waals surface area (Å²) in [5.41, 5.74) is -1.45. The lowest BCUT2D eigenvalue weighted by atomic mass is 9.94. The Morgan fingerprint density at radius 1 is 1.62 bits per heavy atom. The Morgan fingerprint density at radius 3 is 2.38 bits per heavy atom. The number of hydrogen-bond donors (Lipinski definition) is 5. The van der Waals surface area contributed by atoms with Crippen molar-refractivity contribution in [2.45, 2.75) is 30.8 Å². The second-order valence-corrected chi connectivity index (χ2v) is 3.30. The molecule has 0 bridgehead atoms. The maximum Gasteiger partial charge on any atom is 0.154 e. The fourth-order valence-corrected chi connectivity index (χ4v) is 1.42. The molecule has 6 N–H and O–H groups in total. The summed E-state index contributed by atoms with van der Waals surface area (Å²) < 4.78 is 0. The second kappa shape index (κ2) is 3.36. The summed E-state index contributed by atoms with van der Waals surface area (Å²) in [4.78, 5) is 0. The van der Waals surface area contributed by atoms with Gasteiger partial charge in [0.05, 0.1) is 6.10 Å². The Labute approximate surface area is 76.3 Å². The van der Waals surface area contributed by atoms with Gasteiger partial charge in [0.1, 0.15) is 17.4 Å². The highest BCUT2D eigenvalue weighted by atomic mass is 16.4. The van der Waals surface area contributed by atoms with Crippen LogP contribution in [0, 0.1) is 7.05 Å². The van der Waals surface area contributed by atoms with Crippen molar-refractivity contribution in [1.29, 1.82) is 0 Å². The van der Waals surface area contributed by atoms with Gasteiger partial charge in [-0.15, -0.1) is 7.05 Å². The minimum Gasteiger partial charge on any atom is -0.447 e. The van der Waals surface area contributed by atoms with Crippen LogP contribution in [-0.2, 0) is 0 Å². The SMILES string of the molecule is [CH2-][NH2+]C1=CC(O)(C(C)O)C(O)C1O. The first-order valence-electron chi connectivity index (χ1n) is 4.05. The van der Waals surface area contributed by atoms with Crippen LogP contribution in [0.4, 0.5) is 0 Å². The van der Waals surface area contributed by atoms with Gasteiger partial charge in [-0.3, -0.25) is 0 Å². The van der Waals surface area contributed by atoms with Crippen molar-refractivity contribution in [3.63, 3.8) is 0 Å². The van der Waals surface area contributed by atoms with Crippen molar-refractivity contribution < 1.29 is 25.7 Å². The molecule has 0 heterocycles. The Bertz CT molecular complexity index is 228. The Hall–Kier alpha value is -0.460. The summed E-state index contributed by atoms with van der Waals surface area (Å²) in [5.74, 6) is 0. The smallest absolute Gasteiger partial charge is 0.154 e. The van der Waals surface area contributed by atoms with E-state index in [4.69, 9.17) is 0 Å². The zero-order valence-electron chi connectivity index (χ0n) is 7.38. The molecule has 1 aliphatic rings. The average Bonchev–Trinajstić information content (AvgIpc) is 2.31. The van der Waals surface area contributed by atoms with Gasteiger partial charge in [0.15, 0.2) is 6.10 Å². The topological polar surface area (TPSA) is 97.5 Å². The maximum atomic E-state index is 9.72. The van der Waals surface area contributed by atoms with E-state index in [0.717, 1.165) is 0 Å². The molecule has 0 aliphatic heterocycles. The summed E-state index contributed by atoms with van der Waals surface area (Å²) in [7, 11) is 3.42. The number of rotatable bonds is 2. The highest BCUT2D eigenvalue weighted by Gasteiger charge is 2.50. The highest BCUT2D eigenvalue weighted by molar-refractivity contribution is 5.24. The standard InChI is InChI=1S/C8H15NO4/c1-4(10)8(13)3-5(9-2)6(11)7(8)12/h3-4,6-7,10-13H,2,9H2,1H3. The number of nitrogens with two attached hydrogens (primary N) is 1. The van der Waals surface area contributed by atoms with Gasteiger partial charge in [-0.05, 0) is 6.92 Å². The van der Waals surface area contributed by atoms with Gasteiger partial charge in [0.2, 0.25) is 0 Å². The highest BCUT2D eigenvalue weighted by Crippen LogP contribution is 2.29. The van der Waals surface area contributed by atoms with E-state index in [1.54, 1.807) is 0 Å². The third kappa shape index (κ3) is 1.49. The van der Waals surface area contributed by atoms with Crippen molar-refractivity contribution in [3.8, 4) is 0 Å². The molecule has 0 aromatic rings. The van der Waals surface area contributed by atoms with E-state index < -0.39 is 23.9 Å². The van der Waals surface area contributed by atoms with Crippen LogP contribution in [0.2, 0.25) is 0 Å². The Morgan fingerprint density at radius 2 is 2.15 bits per heavy atom. The lowest BCUT2D eigenvalue weighted by molar-refractivity contribution is -0.551. The van der Waals surface area contributed by atoms with Crippen molar-refractivity contribution >= 4 is 0 Å². The summed E-state index contributed by atoms with van der Waals surface area (Å²) in [6, 6.07) is 0. The normalized spacial score (nSPS) is 41.8. The lowest BCUT2D eigenvalue weighted by Crippen LogP contribution is -2.76. The first-order valence-corrected chi connectivity index (χ1v) is 4.05. The molecule has 1 aliphatic carbocycles. The minimum absolute atomic E-state index is 0.330. The third-order valence-electron chi connectivity index (χ3n) is 2.42. The molecule has 0 aromatic heterocycles. The first-order chi connectivity index (χ1) is 5.93. The number of hydrogen-bond acceptors (Lipinski definition) is 4. The molecule has 0 saturated carbocycles. The van der Waals surface area contributed by atoms with Gasteiger partial charge in [-0.25, -0.2) is 0 Å². The van der Waals surface area contributed by atoms with Crippen molar-refractivity contribution in [2.24, 2.45) is 0 Å². The quantitative estimate of drug-likeness (QED) is 0.300. The van der Waals surface area contributed by atoms with Gasteiger partial charge < -0.3 is 25.7 Å². The van der Waals surface area contributed by atoms with Crippen LogP contribution in [0.5, 0.6) is 0 Å². The maximum absolute atomic E-state index is 9.72. The van der Waals surface area contributed by atoms with E-state index in [2.05, 4.69) is 7.05 Å². The number of aliphatic hydroxyl groups excluding tert-OH is 3. The fraction of sp³-hybridized carbons (Fsp3) is 0.625. The molecule has 0 amide bonds. The van der Waals surface area contributed by atoms with Crippen LogP contribution in [0.15, 0.2) is 11.8 Å². The second-order valence-electron chi connectivity index (χ2n) is 3.30. The molecule has 1 rings (SSSR count). The zero-order valence-corrected chi connectivity index (χ0v) is 7.38. The molecule has 0 spiro atoms.